The van der Waals surface area contributed by atoms with Gasteiger partial charge in [0.25, 0.3) is 0 Å². The molecule has 1 unspecified atom stereocenters. The first-order valence-electron chi connectivity index (χ1n) is 9.28. The van der Waals surface area contributed by atoms with E-state index in [9.17, 15) is 9.59 Å². The Labute approximate surface area is 168 Å². The van der Waals surface area contributed by atoms with E-state index < -0.39 is 0 Å². The molecular weight excluding hydrogens is 370 g/mol. The minimum Gasteiger partial charge on any atom is -0.338 e. The lowest BCUT2D eigenvalue weighted by atomic mass is 10.1. The first-order chi connectivity index (χ1) is 13.7. The van der Waals surface area contributed by atoms with Gasteiger partial charge in [0.15, 0.2) is 5.13 Å². The molecule has 0 aliphatic carbocycles. The summed E-state index contributed by atoms with van der Waals surface area (Å²) in [5.74, 6) is -0.449. The zero-order valence-corrected chi connectivity index (χ0v) is 16.2. The van der Waals surface area contributed by atoms with E-state index in [1.807, 2.05) is 48.5 Å². The maximum absolute atomic E-state index is 12.6. The van der Waals surface area contributed by atoms with Gasteiger partial charge in [0, 0.05) is 37.0 Å². The number of anilines is 1. The summed E-state index contributed by atoms with van der Waals surface area (Å²) < 4.78 is 0. The number of carbonyl (C=O) groups is 2. The number of carbonyl (C=O) groups excluding carboxylic acids is 2. The van der Waals surface area contributed by atoms with Gasteiger partial charge in [-0.2, -0.15) is 0 Å². The topological polar surface area (TPSA) is 62.3 Å². The molecule has 1 aliphatic heterocycles. The highest BCUT2D eigenvalue weighted by Gasteiger charge is 2.34. The lowest BCUT2D eigenvalue weighted by molar-refractivity contribution is -0.128. The van der Waals surface area contributed by atoms with Crippen LogP contribution in [0.15, 0.2) is 66.9 Å². The number of likely N-dealkylation sites (tertiary alicyclic amines) is 1. The lowest BCUT2D eigenvalue weighted by Crippen LogP contribution is -2.28. The Morgan fingerprint density at radius 3 is 2.46 bits per heavy atom. The third-order valence-electron chi connectivity index (χ3n) is 4.81. The van der Waals surface area contributed by atoms with Crippen LogP contribution in [0.1, 0.15) is 22.4 Å². The first-order valence-corrected chi connectivity index (χ1v) is 10.1. The fourth-order valence-electron chi connectivity index (χ4n) is 3.36. The third-order valence-corrected chi connectivity index (χ3v) is 5.72. The number of nitrogens with zero attached hydrogens (tertiary/aromatic N) is 2. The zero-order chi connectivity index (χ0) is 19.3. The lowest BCUT2D eigenvalue weighted by Gasteiger charge is -2.16. The smallest absolute Gasteiger partial charge is 0.231 e. The van der Waals surface area contributed by atoms with Gasteiger partial charge in [-0.3, -0.25) is 9.59 Å². The monoisotopic (exact) mass is 391 g/mol. The van der Waals surface area contributed by atoms with Crippen LogP contribution in [0.5, 0.6) is 0 Å². The number of aromatic nitrogens is 1. The summed E-state index contributed by atoms with van der Waals surface area (Å²) in [5, 5.41) is 3.47. The SMILES string of the molecule is O=C(Nc1ncc(Cc2ccccc2)s1)C1CC(=O)N(Cc2ccccc2)C1. The Balaban J connectivity index is 1.33. The van der Waals surface area contributed by atoms with Gasteiger partial charge in [-0.1, -0.05) is 60.7 Å². The summed E-state index contributed by atoms with van der Waals surface area (Å²) in [6, 6.07) is 20.0. The summed E-state index contributed by atoms with van der Waals surface area (Å²) in [5.41, 5.74) is 2.28. The van der Waals surface area contributed by atoms with Gasteiger partial charge in [-0.25, -0.2) is 4.98 Å². The molecule has 142 valence electrons. The van der Waals surface area contributed by atoms with Crippen LogP contribution in [0.25, 0.3) is 0 Å². The van der Waals surface area contributed by atoms with Crippen LogP contribution in [0.2, 0.25) is 0 Å². The Morgan fingerprint density at radius 2 is 1.75 bits per heavy atom. The summed E-state index contributed by atoms with van der Waals surface area (Å²) in [7, 11) is 0. The molecule has 6 heteroatoms. The summed E-state index contributed by atoms with van der Waals surface area (Å²) in [4.78, 5) is 32.1. The van der Waals surface area contributed by atoms with Crippen molar-refractivity contribution in [2.75, 3.05) is 11.9 Å². The number of thiazole rings is 1. The third kappa shape index (κ3) is 4.46. The van der Waals surface area contributed by atoms with Crippen molar-refractivity contribution < 1.29 is 9.59 Å². The minimum atomic E-state index is -0.335. The average Bonchev–Trinajstić information content (AvgIpc) is 3.30. The number of benzene rings is 2. The van der Waals surface area contributed by atoms with Crippen LogP contribution in [0.3, 0.4) is 0 Å². The second kappa shape index (κ2) is 8.35. The molecule has 2 heterocycles. The molecule has 2 amide bonds. The molecule has 1 saturated heterocycles. The molecule has 0 spiro atoms. The van der Waals surface area contributed by atoms with Crippen molar-refractivity contribution in [1.82, 2.24) is 9.88 Å². The van der Waals surface area contributed by atoms with Crippen molar-refractivity contribution in [3.8, 4) is 0 Å². The van der Waals surface area contributed by atoms with Gasteiger partial charge in [-0.05, 0) is 11.1 Å². The largest absolute Gasteiger partial charge is 0.338 e. The van der Waals surface area contributed by atoms with Gasteiger partial charge in [0.1, 0.15) is 0 Å². The maximum Gasteiger partial charge on any atom is 0.231 e. The van der Waals surface area contributed by atoms with E-state index in [2.05, 4.69) is 22.4 Å². The molecule has 4 rings (SSSR count). The van der Waals surface area contributed by atoms with Crippen molar-refractivity contribution in [2.24, 2.45) is 5.92 Å². The van der Waals surface area contributed by atoms with Gasteiger partial charge in [-0.15, -0.1) is 11.3 Å². The molecule has 0 radical (unpaired) electrons. The Morgan fingerprint density at radius 1 is 1.07 bits per heavy atom. The van der Waals surface area contributed by atoms with E-state index in [1.54, 1.807) is 11.1 Å². The highest BCUT2D eigenvalue weighted by Crippen LogP contribution is 2.25. The second-order valence-electron chi connectivity index (χ2n) is 6.94. The number of rotatable bonds is 6. The molecule has 1 aliphatic rings. The Hall–Kier alpha value is -2.99. The highest BCUT2D eigenvalue weighted by molar-refractivity contribution is 7.15. The molecule has 1 fully saturated rings. The molecular formula is C22H21N3O2S. The minimum absolute atomic E-state index is 0.0212. The van der Waals surface area contributed by atoms with Crippen LogP contribution in [0.4, 0.5) is 5.13 Å². The van der Waals surface area contributed by atoms with Crippen molar-refractivity contribution in [2.45, 2.75) is 19.4 Å². The molecule has 0 bridgehead atoms. The van der Waals surface area contributed by atoms with E-state index in [0.717, 1.165) is 16.9 Å². The highest BCUT2D eigenvalue weighted by atomic mass is 32.1. The predicted molar refractivity (Wildman–Crippen MR) is 110 cm³/mol. The summed E-state index contributed by atoms with van der Waals surface area (Å²) in [6.45, 7) is 0.990. The van der Waals surface area contributed by atoms with Crippen molar-refractivity contribution in [3.63, 3.8) is 0 Å². The Bertz CT molecular complexity index is 956. The normalized spacial score (nSPS) is 16.4. The summed E-state index contributed by atoms with van der Waals surface area (Å²) in [6.07, 6.45) is 2.84. The molecule has 0 saturated carbocycles. The number of amides is 2. The average molecular weight is 391 g/mol. The van der Waals surface area contributed by atoms with E-state index in [1.165, 1.54) is 16.9 Å². The van der Waals surface area contributed by atoms with Crippen LogP contribution in [-0.2, 0) is 22.6 Å². The van der Waals surface area contributed by atoms with Gasteiger partial charge < -0.3 is 10.2 Å². The van der Waals surface area contributed by atoms with Crippen LogP contribution < -0.4 is 5.32 Å². The summed E-state index contributed by atoms with van der Waals surface area (Å²) >= 11 is 1.48. The molecule has 5 nitrogen and oxygen atoms in total. The number of hydrogen-bond donors (Lipinski definition) is 1. The Kier molecular flexibility index (Phi) is 5.48. The molecule has 1 aromatic heterocycles. The van der Waals surface area contributed by atoms with Crippen molar-refractivity contribution in [1.29, 1.82) is 0 Å². The van der Waals surface area contributed by atoms with Crippen LogP contribution in [-0.4, -0.2) is 28.2 Å². The van der Waals surface area contributed by atoms with Crippen LogP contribution >= 0.6 is 11.3 Å². The molecule has 1 atom stereocenters. The molecule has 3 aromatic rings. The molecule has 28 heavy (non-hydrogen) atoms. The molecule has 1 N–H and O–H groups in total. The van der Waals surface area contributed by atoms with Gasteiger partial charge in [0.2, 0.25) is 11.8 Å². The van der Waals surface area contributed by atoms with Crippen LogP contribution in [0, 0.1) is 5.92 Å². The van der Waals surface area contributed by atoms with E-state index in [4.69, 9.17) is 0 Å². The van der Waals surface area contributed by atoms with E-state index >= 15 is 0 Å². The first kappa shape index (κ1) is 18.4. The van der Waals surface area contributed by atoms with E-state index in [-0.39, 0.29) is 24.2 Å². The number of hydrogen-bond acceptors (Lipinski definition) is 4. The predicted octanol–water partition coefficient (Wildman–Crippen LogP) is 3.72. The number of nitrogens with one attached hydrogen (secondary N) is 1. The quantitative estimate of drug-likeness (QED) is 0.697. The van der Waals surface area contributed by atoms with Gasteiger partial charge >= 0.3 is 0 Å². The van der Waals surface area contributed by atoms with Crippen molar-refractivity contribution >= 4 is 28.3 Å². The fraction of sp³-hybridized carbons (Fsp3) is 0.227. The fourth-order valence-corrected chi connectivity index (χ4v) is 4.21. The second-order valence-corrected chi connectivity index (χ2v) is 8.06. The van der Waals surface area contributed by atoms with Gasteiger partial charge in [0.05, 0.1) is 5.92 Å². The molecule has 2 aromatic carbocycles. The standard InChI is InChI=1S/C22H21N3O2S/c26-20-12-18(15-25(20)14-17-9-5-2-6-10-17)21(27)24-22-23-13-19(28-22)11-16-7-3-1-4-8-16/h1-10,13,18H,11-12,14-15H2,(H,23,24,27). The van der Waals surface area contributed by atoms with E-state index in [0.29, 0.717) is 18.2 Å². The zero-order valence-electron chi connectivity index (χ0n) is 15.4. The maximum atomic E-state index is 12.6. The van der Waals surface area contributed by atoms with Crippen molar-refractivity contribution in [3.05, 3.63) is 82.9 Å².